The Morgan fingerprint density at radius 1 is 1.06 bits per heavy atom. The van der Waals surface area contributed by atoms with Crippen LogP contribution < -0.4 is 4.90 Å². The molecule has 1 aliphatic rings. The van der Waals surface area contributed by atoms with Gasteiger partial charge in [0.15, 0.2) is 0 Å². The highest BCUT2D eigenvalue weighted by Gasteiger charge is 2.16. The van der Waals surface area contributed by atoms with Crippen LogP contribution >= 0.6 is 0 Å². The van der Waals surface area contributed by atoms with E-state index in [2.05, 4.69) is 0 Å². The van der Waals surface area contributed by atoms with Crippen molar-refractivity contribution in [2.45, 2.75) is 25.7 Å². The number of anilines is 1. The lowest BCUT2D eigenvalue weighted by molar-refractivity contribution is 0.146. The van der Waals surface area contributed by atoms with Gasteiger partial charge < -0.3 is 4.90 Å². The molecular weight excluding hydrogens is 215 g/mol. The van der Waals surface area contributed by atoms with E-state index in [-0.39, 0.29) is 0 Å². The molecule has 0 N–H and O–H groups in total. The van der Waals surface area contributed by atoms with Gasteiger partial charge in [0, 0.05) is 18.8 Å². The van der Waals surface area contributed by atoms with Crippen molar-refractivity contribution in [3.8, 4) is 0 Å². The maximum Gasteiger partial charge on any atom is 0.266 e. The summed E-state index contributed by atoms with van der Waals surface area (Å²) < 4.78 is 38.0. The van der Waals surface area contributed by atoms with Crippen LogP contribution in [0.3, 0.4) is 0 Å². The van der Waals surface area contributed by atoms with Crippen LogP contribution in [0.5, 0.6) is 0 Å². The van der Waals surface area contributed by atoms with Crippen molar-refractivity contribution >= 4 is 5.69 Å². The molecule has 4 heteroatoms. The van der Waals surface area contributed by atoms with Crippen LogP contribution in [0.15, 0.2) is 18.2 Å². The largest absolute Gasteiger partial charge is 0.371 e. The first kappa shape index (κ1) is 11.3. The SMILES string of the molecule is Fc1cc(N2CCCCC2)ccc1C(F)F. The second kappa shape index (κ2) is 4.76. The van der Waals surface area contributed by atoms with E-state index in [1.54, 1.807) is 6.07 Å². The fourth-order valence-electron chi connectivity index (χ4n) is 2.04. The first-order valence-corrected chi connectivity index (χ1v) is 5.51. The molecule has 0 amide bonds. The summed E-state index contributed by atoms with van der Waals surface area (Å²) >= 11 is 0. The standard InChI is InChI=1S/C12H14F3N/c13-11-8-9(4-5-10(11)12(14)15)16-6-2-1-3-7-16/h4-5,8,12H,1-3,6-7H2. The molecule has 1 nitrogen and oxygen atoms in total. The average Bonchev–Trinajstić information content (AvgIpc) is 2.29. The predicted octanol–water partition coefficient (Wildman–Crippen LogP) is 3.75. The lowest BCUT2D eigenvalue weighted by Crippen LogP contribution is -2.29. The third-order valence-electron chi connectivity index (χ3n) is 2.94. The van der Waals surface area contributed by atoms with E-state index in [9.17, 15) is 13.2 Å². The Balaban J connectivity index is 2.19. The van der Waals surface area contributed by atoms with Gasteiger partial charge in [-0.05, 0) is 37.5 Å². The van der Waals surface area contributed by atoms with Crippen molar-refractivity contribution in [1.82, 2.24) is 0 Å². The number of nitrogens with zero attached hydrogens (tertiary/aromatic N) is 1. The van der Waals surface area contributed by atoms with E-state index in [4.69, 9.17) is 0 Å². The van der Waals surface area contributed by atoms with Crippen LogP contribution in [0.25, 0.3) is 0 Å². The summed E-state index contributed by atoms with van der Waals surface area (Å²) in [5.74, 6) is -0.807. The van der Waals surface area contributed by atoms with Gasteiger partial charge >= 0.3 is 0 Å². The highest BCUT2D eigenvalue weighted by molar-refractivity contribution is 5.48. The zero-order valence-corrected chi connectivity index (χ0v) is 8.93. The van der Waals surface area contributed by atoms with Crippen molar-refractivity contribution in [2.24, 2.45) is 0 Å². The topological polar surface area (TPSA) is 3.24 Å². The molecule has 0 saturated carbocycles. The molecule has 0 atom stereocenters. The molecule has 88 valence electrons. The predicted molar refractivity (Wildman–Crippen MR) is 57.4 cm³/mol. The first-order chi connectivity index (χ1) is 7.68. The Kier molecular flexibility index (Phi) is 3.36. The second-order valence-electron chi connectivity index (χ2n) is 4.05. The number of hydrogen-bond acceptors (Lipinski definition) is 1. The molecule has 1 fully saturated rings. The molecule has 0 aromatic heterocycles. The molecule has 1 aromatic carbocycles. The molecule has 0 spiro atoms. The summed E-state index contributed by atoms with van der Waals surface area (Å²) in [4.78, 5) is 2.04. The van der Waals surface area contributed by atoms with E-state index >= 15 is 0 Å². The number of rotatable bonds is 2. The number of hydrogen-bond donors (Lipinski definition) is 0. The van der Waals surface area contributed by atoms with Crippen LogP contribution in [0.1, 0.15) is 31.3 Å². The zero-order chi connectivity index (χ0) is 11.5. The summed E-state index contributed by atoms with van der Waals surface area (Å²) in [5, 5.41) is 0. The van der Waals surface area contributed by atoms with Gasteiger partial charge in [0.2, 0.25) is 0 Å². The third-order valence-corrected chi connectivity index (χ3v) is 2.94. The smallest absolute Gasteiger partial charge is 0.266 e. The first-order valence-electron chi connectivity index (χ1n) is 5.51. The minimum atomic E-state index is -2.74. The highest BCUT2D eigenvalue weighted by Crippen LogP contribution is 2.27. The highest BCUT2D eigenvalue weighted by atomic mass is 19.3. The number of piperidine rings is 1. The van der Waals surface area contributed by atoms with E-state index in [1.807, 2.05) is 4.90 Å². The molecule has 0 aliphatic carbocycles. The quantitative estimate of drug-likeness (QED) is 0.746. The Morgan fingerprint density at radius 2 is 1.75 bits per heavy atom. The van der Waals surface area contributed by atoms with Crippen molar-refractivity contribution in [3.63, 3.8) is 0 Å². The van der Waals surface area contributed by atoms with Crippen LogP contribution in [0.2, 0.25) is 0 Å². The Hall–Kier alpha value is -1.19. The fourth-order valence-corrected chi connectivity index (χ4v) is 2.04. The average molecular weight is 229 g/mol. The monoisotopic (exact) mass is 229 g/mol. The van der Waals surface area contributed by atoms with Crippen LogP contribution in [-0.2, 0) is 0 Å². The summed E-state index contributed by atoms with van der Waals surface area (Å²) in [6.07, 6.45) is 0.611. The lowest BCUT2D eigenvalue weighted by Gasteiger charge is -2.29. The van der Waals surface area contributed by atoms with E-state index < -0.39 is 17.8 Å². The van der Waals surface area contributed by atoms with Crippen molar-refractivity contribution in [2.75, 3.05) is 18.0 Å². The number of halogens is 3. The second-order valence-corrected chi connectivity index (χ2v) is 4.05. The maximum absolute atomic E-state index is 13.3. The van der Waals surface area contributed by atoms with E-state index in [0.29, 0.717) is 5.69 Å². The van der Waals surface area contributed by atoms with Gasteiger partial charge in [0.1, 0.15) is 5.82 Å². The number of alkyl halides is 2. The fraction of sp³-hybridized carbons (Fsp3) is 0.500. The summed E-state index contributed by atoms with van der Waals surface area (Å²) in [7, 11) is 0. The van der Waals surface area contributed by atoms with Crippen LogP contribution in [0.4, 0.5) is 18.9 Å². The maximum atomic E-state index is 13.3. The van der Waals surface area contributed by atoms with Crippen molar-refractivity contribution in [3.05, 3.63) is 29.6 Å². The molecule has 0 unspecified atom stereocenters. The van der Waals surface area contributed by atoms with E-state index in [1.165, 1.54) is 18.6 Å². The molecule has 1 heterocycles. The van der Waals surface area contributed by atoms with Crippen LogP contribution in [0, 0.1) is 5.82 Å². The van der Waals surface area contributed by atoms with Gasteiger partial charge in [0.25, 0.3) is 6.43 Å². The number of benzene rings is 1. The van der Waals surface area contributed by atoms with E-state index in [0.717, 1.165) is 25.9 Å². The van der Waals surface area contributed by atoms with Crippen LogP contribution in [-0.4, -0.2) is 13.1 Å². The minimum absolute atomic E-state index is 0.513. The summed E-state index contributed by atoms with van der Waals surface area (Å²) in [6.45, 7) is 1.76. The third kappa shape index (κ3) is 2.31. The summed E-state index contributed by atoms with van der Waals surface area (Å²) in [6, 6.07) is 3.98. The molecule has 1 aliphatic heterocycles. The van der Waals surface area contributed by atoms with Gasteiger partial charge in [0.05, 0.1) is 5.56 Å². The molecule has 0 radical (unpaired) electrons. The Bertz CT molecular complexity index is 359. The van der Waals surface area contributed by atoms with Gasteiger partial charge in [-0.3, -0.25) is 0 Å². The van der Waals surface area contributed by atoms with Gasteiger partial charge in [-0.15, -0.1) is 0 Å². The Labute approximate surface area is 92.9 Å². The summed E-state index contributed by atoms with van der Waals surface area (Å²) in [5.41, 5.74) is 0.197. The lowest BCUT2D eigenvalue weighted by atomic mass is 10.1. The Morgan fingerprint density at radius 3 is 2.31 bits per heavy atom. The molecule has 16 heavy (non-hydrogen) atoms. The normalized spacial score (nSPS) is 16.9. The molecule has 0 bridgehead atoms. The van der Waals surface area contributed by atoms with Gasteiger partial charge in [-0.2, -0.15) is 0 Å². The molecule has 2 rings (SSSR count). The van der Waals surface area contributed by atoms with Crippen molar-refractivity contribution in [1.29, 1.82) is 0 Å². The zero-order valence-electron chi connectivity index (χ0n) is 8.93. The van der Waals surface area contributed by atoms with Gasteiger partial charge in [-0.1, -0.05) is 0 Å². The molecule has 1 aromatic rings. The van der Waals surface area contributed by atoms with Crippen molar-refractivity contribution < 1.29 is 13.2 Å². The van der Waals surface area contributed by atoms with Gasteiger partial charge in [-0.25, -0.2) is 13.2 Å². The molecule has 1 saturated heterocycles. The molecular formula is C12H14F3N. The minimum Gasteiger partial charge on any atom is -0.371 e.